The number of hydrogen-bond donors (Lipinski definition) is 0. The topological polar surface area (TPSA) is 54.8 Å². The minimum atomic E-state index is -0.133. The van der Waals surface area contributed by atoms with Crippen LogP contribution >= 0.6 is 11.3 Å². The molecule has 1 saturated heterocycles. The lowest BCUT2D eigenvalue weighted by molar-refractivity contribution is 0.0765. The summed E-state index contributed by atoms with van der Waals surface area (Å²) in [4.78, 5) is 30.9. The van der Waals surface area contributed by atoms with E-state index in [-0.39, 0.29) is 11.5 Å². The maximum absolute atomic E-state index is 13.3. The highest BCUT2D eigenvalue weighted by molar-refractivity contribution is 7.22. The van der Waals surface area contributed by atoms with Crippen LogP contribution in [0.5, 0.6) is 5.75 Å². The lowest BCUT2D eigenvalue weighted by Crippen LogP contribution is -2.34. The number of nitrogens with zero attached hydrogens (tertiary/aromatic N) is 3. The fourth-order valence-corrected chi connectivity index (χ4v) is 5.03. The van der Waals surface area contributed by atoms with E-state index in [1.165, 1.54) is 18.4 Å². The number of carbonyl (C=O) groups is 1. The highest BCUT2D eigenvalue weighted by atomic mass is 32.1. The molecule has 27 heavy (non-hydrogen) atoms. The van der Waals surface area contributed by atoms with Gasteiger partial charge in [-0.2, -0.15) is 0 Å². The molecule has 4 rings (SSSR count). The van der Waals surface area contributed by atoms with Gasteiger partial charge in [0.1, 0.15) is 10.3 Å². The predicted molar refractivity (Wildman–Crippen MR) is 109 cm³/mol. The maximum atomic E-state index is 13.3. The summed E-state index contributed by atoms with van der Waals surface area (Å²) in [7, 11) is 5.36. The lowest BCUT2D eigenvalue weighted by Gasteiger charge is -2.20. The summed E-state index contributed by atoms with van der Waals surface area (Å²) in [6.07, 6.45) is 0.945. The van der Waals surface area contributed by atoms with Crippen LogP contribution in [-0.4, -0.2) is 60.6 Å². The van der Waals surface area contributed by atoms with Gasteiger partial charge in [-0.3, -0.25) is 9.59 Å². The molecule has 3 heterocycles. The van der Waals surface area contributed by atoms with E-state index in [0.29, 0.717) is 22.6 Å². The van der Waals surface area contributed by atoms with Gasteiger partial charge in [0.05, 0.1) is 17.3 Å². The number of benzene rings is 1. The Morgan fingerprint density at radius 3 is 2.67 bits per heavy atom. The molecule has 0 spiro atoms. The van der Waals surface area contributed by atoms with Crippen molar-refractivity contribution in [3.05, 3.63) is 39.5 Å². The molecular formula is C20H23N3O3S. The molecule has 0 atom stereocenters. The number of fused-ring (bicyclic) bond motifs is 3. The molecule has 0 aliphatic carbocycles. The van der Waals surface area contributed by atoms with Crippen LogP contribution in [0.2, 0.25) is 0 Å². The molecule has 1 aromatic carbocycles. The molecule has 1 amide bonds. The fourth-order valence-electron chi connectivity index (χ4n) is 3.76. The average Bonchev–Trinajstić information content (AvgIpc) is 2.94. The molecule has 7 heteroatoms. The van der Waals surface area contributed by atoms with Crippen molar-refractivity contribution in [2.24, 2.45) is 7.05 Å². The number of para-hydroxylation sites is 1. The summed E-state index contributed by atoms with van der Waals surface area (Å²) in [5, 5.41) is 1.46. The summed E-state index contributed by atoms with van der Waals surface area (Å²) in [6.45, 7) is 3.24. The Morgan fingerprint density at radius 2 is 1.89 bits per heavy atom. The second-order valence-corrected chi connectivity index (χ2v) is 8.02. The molecule has 0 N–H and O–H groups in total. The Bertz CT molecular complexity index is 1090. The van der Waals surface area contributed by atoms with Crippen LogP contribution in [-0.2, 0) is 7.05 Å². The van der Waals surface area contributed by atoms with Gasteiger partial charge in [-0.1, -0.05) is 18.2 Å². The number of ether oxygens (including phenoxy) is 1. The lowest BCUT2D eigenvalue weighted by atomic mass is 10.1. The number of rotatable bonds is 2. The number of aromatic nitrogens is 1. The summed E-state index contributed by atoms with van der Waals surface area (Å²) in [6, 6.07) is 7.78. The molecule has 3 aromatic rings. The monoisotopic (exact) mass is 385 g/mol. The summed E-state index contributed by atoms with van der Waals surface area (Å²) < 4.78 is 8.03. The molecule has 0 bridgehead atoms. The van der Waals surface area contributed by atoms with Crippen molar-refractivity contribution in [3.8, 4) is 5.75 Å². The van der Waals surface area contributed by atoms with Gasteiger partial charge >= 0.3 is 0 Å². The Kier molecular flexibility index (Phi) is 4.65. The van der Waals surface area contributed by atoms with Crippen molar-refractivity contribution >= 4 is 38.2 Å². The smallest absolute Gasteiger partial charge is 0.267 e. The first-order chi connectivity index (χ1) is 13.0. The normalized spacial score (nSPS) is 16.0. The highest BCUT2D eigenvalue weighted by Gasteiger charge is 2.28. The second-order valence-electron chi connectivity index (χ2n) is 7.00. The first kappa shape index (κ1) is 18.0. The Labute approximate surface area is 161 Å². The van der Waals surface area contributed by atoms with Crippen molar-refractivity contribution in [2.45, 2.75) is 6.42 Å². The standard InChI is InChI=1S/C20H23N3O3S/c1-21-9-6-10-23(12-11-21)20(25)18-16(26-3)15-17(27-18)13-7-4-5-8-14(13)22(2)19(15)24/h4-5,7-8H,6,9-12H2,1-3H3. The average molecular weight is 385 g/mol. The minimum Gasteiger partial charge on any atom is -0.494 e. The van der Waals surface area contributed by atoms with Crippen molar-refractivity contribution in [1.29, 1.82) is 0 Å². The second kappa shape index (κ2) is 6.98. The van der Waals surface area contributed by atoms with E-state index in [0.717, 1.165) is 41.7 Å². The van der Waals surface area contributed by atoms with Crippen LogP contribution < -0.4 is 10.3 Å². The van der Waals surface area contributed by atoms with E-state index in [1.807, 2.05) is 29.2 Å². The largest absolute Gasteiger partial charge is 0.494 e. The molecule has 1 fully saturated rings. The van der Waals surface area contributed by atoms with Gasteiger partial charge < -0.3 is 19.1 Å². The van der Waals surface area contributed by atoms with Crippen LogP contribution in [0.3, 0.4) is 0 Å². The summed E-state index contributed by atoms with van der Waals surface area (Å²) in [5.41, 5.74) is 0.723. The molecule has 6 nitrogen and oxygen atoms in total. The third-order valence-electron chi connectivity index (χ3n) is 5.30. The van der Waals surface area contributed by atoms with Gasteiger partial charge in [0.2, 0.25) is 0 Å². The minimum absolute atomic E-state index is 0.0468. The third-order valence-corrected chi connectivity index (χ3v) is 6.49. The quantitative estimate of drug-likeness (QED) is 0.680. The van der Waals surface area contributed by atoms with E-state index < -0.39 is 0 Å². The Hall–Kier alpha value is -2.38. The molecule has 2 aromatic heterocycles. The molecular weight excluding hydrogens is 362 g/mol. The van der Waals surface area contributed by atoms with Gasteiger partial charge in [0, 0.05) is 32.1 Å². The van der Waals surface area contributed by atoms with E-state index in [4.69, 9.17) is 4.74 Å². The number of hydrogen-bond acceptors (Lipinski definition) is 5. The fraction of sp³-hybridized carbons (Fsp3) is 0.400. The van der Waals surface area contributed by atoms with Crippen molar-refractivity contribution in [3.63, 3.8) is 0 Å². The zero-order valence-electron chi connectivity index (χ0n) is 15.8. The van der Waals surface area contributed by atoms with Crippen LogP contribution in [0.4, 0.5) is 0 Å². The number of carbonyl (C=O) groups excluding carboxylic acids is 1. The van der Waals surface area contributed by atoms with Gasteiger partial charge in [0.25, 0.3) is 11.5 Å². The van der Waals surface area contributed by atoms with Crippen LogP contribution in [0, 0.1) is 0 Å². The Morgan fingerprint density at radius 1 is 1.11 bits per heavy atom. The van der Waals surface area contributed by atoms with Crippen molar-refractivity contribution < 1.29 is 9.53 Å². The molecule has 1 aliphatic rings. The number of likely N-dealkylation sites (N-methyl/N-ethyl adjacent to an activating group) is 1. The number of amides is 1. The van der Waals surface area contributed by atoms with Crippen molar-refractivity contribution in [2.75, 3.05) is 40.3 Å². The van der Waals surface area contributed by atoms with Crippen molar-refractivity contribution in [1.82, 2.24) is 14.4 Å². The zero-order valence-corrected chi connectivity index (χ0v) is 16.6. The molecule has 0 unspecified atom stereocenters. The zero-order chi connectivity index (χ0) is 19.1. The maximum Gasteiger partial charge on any atom is 0.267 e. The van der Waals surface area contributed by atoms with Gasteiger partial charge in [-0.05, 0) is 26.1 Å². The Balaban J connectivity index is 1.91. The van der Waals surface area contributed by atoms with E-state index in [1.54, 1.807) is 11.6 Å². The molecule has 1 aliphatic heterocycles. The van der Waals surface area contributed by atoms with Gasteiger partial charge in [-0.25, -0.2) is 0 Å². The summed E-state index contributed by atoms with van der Waals surface area (Å²) >= 11 is 1.37. The van der Waals surface area contributed by atoms with E-state index >= 15 is 0 Å². The number of methoxy groups -OCH3 is 1. The molecule has 0 saturated carbocycles. The molecule has 0 radical (unpaired) electrons. The van der Waals surface area contributed by atoms with Gasteiger partial charge in [0.15, 0.2) is 5.75 Å². The predicted octanol–water partition coefficient (Wildman–Crippen LogP) is 2.54. The summed E-state index contributed by atoms with van der Waals surface area (Å²) in [5.74, 6) is 0.360. The number of pyridine rings is 1. The SMILES string of the molecule is COc1c(C(=O)N2CCCN(C)CC2)sc2c1c(=O)n(C)c1ccccc21. The van der Waals surface area contributed by atoms with Gasteiger partial charge in [-0.15, -0.1) is 11.3 Å². The third kappa shape index (κ3) is 2.91. The highest BCUT2D eigenvalue weighted by Crippen LogP contribution is 2.40. The number of aryl methyl sites for hydroxylation is 1. The molecule has 142 valence electrons. The first-order valence-electron chi connectivity index (χ1n) is 9.09. The van der Waals surface area contributed by atoms with Crippen LogP contribution in [0.15, 0.2) is 29.1 Å². The number of thiophene rings is 1. The van der Waals surface area contributed by atoms with Crippen LogP contribution in [0.1, 0.15) is 16.1 Å². The van der Waals surface area contributed by atoms with E-state index in [2.05, 4.69) is 11.9 Å². The van der Waals surface area contributed by atoms with Crippen LogP contribution in [0.25, 0.3) is 21.0 Å². The first-order valence-corrected chi connectivity index (χ1v) is 9.90. The van der Waals surface area contributed by atoms with E-state index in [9.17, 15) is 9.59 Å².